The minimum absolute atomic E-state index is 0.292. The number of fused-ring (bicyclic) bond motifs is 2. The molecule has 0 spiro atoms. The Labute approximate surface area is 253 Å². The van der Waals surface area contributed by atoms with Crippen LogP contribution in [0, 0.1) is 11.3 Å². The first-order valence-electron chi connectivity index (χ1n) is 15.2. The predicted molar refractivity (Wildman–Crippen MR) is 164 cm³/mol. The smallest absolute Gasteiger partial charge is 0.410 e. The quantitative estimate of drug-likeness (QED) is 0.437. The number of carbonyl (C=O) groups is 1. The monoisotopic (exact) mass is 584 g/mol. The van der Waals surface area contributed by atoms with Gasteiger partial charge in [-0.25, -0.2) is 14.8 Å². The number of nitrogens with zero attached hydrogens (tertiary/aromatic N) is 8. The van der Waals surface area contributed by atoms with Crippen molar-refractivity contribution in [2.24, 2.45) is 0 Å². The number of likely N-dealkylation sites (N-methyl/N-ethyl adjacent to an activating group) is 1. The molecule has 11 heteroatoms. The first-order valence-corrected chi connectivity index (χ1v) is 15.2. The number of piperazine rings is 1. The van der Waals surface area contributed by atoms with Gasteiger partial charge in [0, 0.05) is 61.8 Å². The average Bonchev–Trinajstić information content (AvgIpc) is 3.42. The molecule has 3 aliphatic rings. The van der Waals surface area contributed by atoms with Crippen LogP contribution >= 0.6 is 0 Å². The van der Waals surface area contributed by atoms with Crippen molar-refractivity contribution in [3.8, 4) is 11.9 Å². The third-order valence-corrected chi connectivity index (χ3v) is 8.59. The molecule has 2 aromatic heterocycles. The summed E-state index contributed by atoms with van der Waals surface area (Å²) in [4.78, 5) is 35.4. The predicted octanol–water partition coefficient (Wildman–Crippen LogP) is 3.99. The van der Waals surface area contributed by atoms with E-state index in [1.165, 1.54) is 0 Å². The molecule has 43 heavy (non-hydrogen) atoms. The maximum atomic E-state index is 12.7. The number of para-hydroxylation sites is 1. The molecule has 1 aromatic carbocycles. The highest BCUT2D eigenvalue weighted by Gasteiger charge is 2.33. The summed E-state index contributed by atoms with van der Waals surface area (Å²) in [5, 5.41) is 11.4. The molecule has 1 atom stereocenters. The van der Waals surface area contributed by atoms with E-state index in [0.717, 1.165) is 59.6 Å². The van der Waals surface area contributed by atoms with Gasteiger partial charge in [-0.15, -0.1) is 0 Å². The van der Waals surface area contributed by atoms with Crippen molar-refractivity contribution in [1.29, 1.82) is 5.26 Å². The molecule has 1 amide bonds. The fraction of sp³-hybridized carbons (Fsp3) is 0.531. The molecule has 5 heterocycles. The number of hydrogen-bond donors (Lipinski definition) is 0. The molecular formula is C32H40N8O3. The van der Waals surface area contributed by atoms with Crippen LogP contribution in [0.5, 0.6) is 5.88 Å². The summed E-state index contributed by atoms with van der Waals surface area (Å²) >= 11 is 0. The Bertz CT molecular complexity index is 1530. The molecule has 226 valence electrons. The molecule has 3 aromatic rings. The van der Waals surface area contributed by atoms with Crippen LogP contribution in [-0.4, -0.2) is 95.4 Å². The zero-order chi connectivity index (χ0) is 30.1. The highest BCUT2D eigenvalue weighted by molar-refractivity contribution is 5.89. The van der Waals surface area contributed by atoms with Gasteiger partial charge in [-0.2, -0.15) is 10.2 Å². The normalized spacial score (nSPS) is 19.3. The summed E-state index contributed by atoms with van der Waals surface area (Å²) in [6, 6.07) is 10.8. The standard InChI is InChI=1S/C32H40N8O3/c1-32(2,3)43-31(41)39-16-14-38(15-17-39)29-23-11-13-40(28-24-9-5-6-10-27(24)34-21-35-28)19-26(23)25(18-33)30(36-29)42-20-22-8-7-12-37(22)4/h5-6,9-10,21-22H,7-8,11-17,19-20H2,1-4H3/t22-/m0/s1. The number of carbonyl (C=O) groups excluding carboxylic acids is 1. The summed E-state index contributed by atoms with van der Waals surface area (Å²) in [7, 11) is 2.12. The van der Waals surface area contributed by atoms with E-state index in [-0.39, 0.29) is 6.09 Å². The molecular weight excluding hydrogens is 544 g/mol. The lowest BCUT2D eigenvalue weighted by Crippen LogP contribution is -2.50. The minimum Gasteiger partial charge on any atom is -0.475 e. The lowest BCUT2D eigenvalue weighted by atomic mass is 9.95. The van der Waals surface area contributed by atoms with Crippen LogP contribution in [0.3, 0.4) is 0 Å². The van der Waals surface area contributed by atoms with Crippen LogP contribution in [0.15, 0.2) is 30.6 Å². The van der Waals surface area contributed by atoms with Crippen LogP contribution in [0.1, 0.15) is 50.3 Å². The van der Waals surface area contributed by atoms with Crippen LogP contribution in [0.25, 0.3) is 10.9 Å². The van der Waals surface area contributed by atoms with Gasteiger partial charge in [0.25, 0.3) is 0 Å². The minimum atomic E-state index is -0.539. The van der Waals surface area contributed by atoms with Gasteiger partial charge in [-0.05, 0) is 65.8 Å². The lowest BCUT2D eigenvalue weighted by Gasteiger charge is -2.39. The Balaban J connectivity index is 1.32. The van der Waals surface area contributed by atoms with Crippen molar-refractivity contribution in [3.63, 3.8) is 0 Å². The molecule has 2 saturated heterocycles. The molecule has 0 bridgehead atoms. The van der Waals surface area contributed by atoms with Gasteiger partial charge in [0.15, 0.2) is 0 Å². The van der Waals surface area contributed by atoms with Crippen LogP contribution in [0.2, 0.25) is 0 Å². The topological polar surface area (TPSA) is 111 Å². The molecule has 6 rings (SSSR count). The first kappa shape index (κ1) is 28.9. The van der Waals surface area contributed by atoms with E-state index in [1.54, 1.807) is 11.2 Å². The number of hydrogen-bond acceptors (Lipinski definition) is 10. The number of nitriles is 1. The maximum absolute atomic E-state index is 12.7. The molecule has 11 nitrogen and oxygen atoms in total. The molecule has 0 saturated carbocycles. The van der Waals surface area contributed by atoms with Gasteiger partial charge in [0.1, 0.15) is 41.8 Å². The van der Waals surface area contributed by atoms with Gasteiger partial charge < -0.3 is 29.1 Å². The second-order valence-corrected chi connectivity index (χ2v) is 12.6. The Hall–Kier alpha value is -4.17. The van der Waals surface area contributed by atoms with Crippen molar-refractivity contribution in [2.45, 2.75) is 58.2 Å². The number of amides is 1. The second kappa shape index (κ2) is 11.8. The Morgan fingerprint density at radius 2 is 1.81 bits per heavy atom. The summed E-state index contributed by atoms with van der Waals surface area (Å²) in [5.74, 6) is 2.10. The van der Waals surface area contributed by atoms with E-state index >= 15 is 0 Å². The summed E-state index contributed by atoms with van der Waals surface area (Å²) in [6.07, 6.45) is 4.23. The third-order valence-electron chi connectivity index (χ3n) is 8.59. The van der Waals surface area contributed by atoms with Crippen molar-refractivity contribution < 1.29 is 14.3 Å². The maximum Gasteiger partial charge on any atom is 0.410 e. The fourth-order valence-electron chi connectivity index (χ4n) is 6.29. The fourth-order valence-corrected chi connectivity index (χ4v) is 6.29. The number of anilines is 2. The van der Waals surface area contributed by atoms with Gasteiger partial charge in [0.05, 0.1) is 5.52 Å². The van der Waals surface area contributed by atoms with E-state index in [1.807, 2.05) is 45.0 Å². The van der Waals surface area contributed by atoms with E-state index < -0.39 is 5.60 Å². The van der Waals surface area contributed by atoms with Gasteiger partial charge in [0.2, 0.25) is 5.88 Å². The zero-order valence-corrected chi connectivity index (χ0v) is 25.5. The Morgan fingerprint density at radius 3 is 2.53 bits per heavy atom. The van der Waals surface area contributed by atoms with Crippen molar-refractivity contribution in [3.05, 3.63) is 47.3 Å². The SMILES string of the molecule is CN1CCC[C@H]1COc1nc(N2CCN(C(=O)OC(C)(C)C)CC2)c2c(c1C#N)CN(c1ncnc3ccccc13)CC2. The summed E-state index contributed by atoms with van der Waals surface area (Å²) < 4.78 is 12.0. The Morgan fingerprint density at radius 1 is 1.02 bits per heavy atom. The highest BCUT2D eigenvalue weighted by atomic mass is 16.6. The van der Waals surface area contributed by atoms with E-state index in [0.29, 0.717) is 63.2 Å². The van der Waals surface area contributed by atoms with Crippen LogP contribution in [0.4, 0.5) is 16.4 Å². The van der Waals surface area contributed by atoms with Gasteiger partial charge in [-0.3, -0.25) is 0 Å². The number of benzene rings is 1. The summed E-state index contributed by atoms with van der Waals surface area (Å²) in [5.41, 5.74) is 2.85. The zero-order valence-electron chi connectivity index (χ0n) is 25.5. The molecule has 3 aliphatic heterocycles. The van der Waals surface area contributed by atoms with E-state index in [9.17, 15) is 10.1 Å². The van der Waals surface area contributed by atoms with Crippen LogP contribution in [-0.2, 0) is 17.7 Å². The first-order chi connectivity index (χ1) is 20.7. The summed E-state index contributed by atoms with van der Waals surface area (Å²) in [6.45, 7) is 10.7. The number of rotatable bonds is 5. The molecule has 0 N–H and O–H groups in total. The molecule has 0 aliphatic carbocycles. The van der Waals surface area contributed by atoms with Gasteiger partial charge in [-0.1, -0.05) is 12.1 Å². The third kappa shape index (κ3) is 6.02. The number of ether oxygens (including phenoxy) is 2. The lowest BCUT2D eigenvalue weighted by molar-refractivity contribution is 0.0240. The molecule has 0 unspecified atom stereocenters. The second-order valence-electron chi connectivity index (χ2n) is 12.6. The van der Waals surface area contributed by atoms with E-state index in [4.69, 9.17) is 14.5 Å². The Kier molecular flexibility index (Phi) is 7.97. The van der Waals surface area contributed by atoms with Crippen molar-refractivity contribution in [1.82, 2.24) is 24.8 Å². The largest absolute Gasteiger partial charge is 0.475 e. The number of pyridine rings is 1. The van der Waals surface area contributed by atoms with Gasteiger partial charge >= 0.3 is 6.09 Å². The number of aromatic nitrogens is 3. The van der Waals surface area contributed by atoms with Crippen LogP contribution < -0.4 is 14.5 Å². The van der Waals surface area contributed by atoms with E-state index in [2.05, 4.69) is 37.8 Å². The number of likely N-dealkylation sites (tertiary alicyclic amines) is 1. The van der Waals surface area contributed by atoms with Crippen molar-refractivity contribution >= 4 is 28.6 Å². The average molecular weight is 585 g/mol. The highest BCUT2D eigenvalue weighted by Crippen LogP contribution is 2.37. The molecule has 0 radical (unpaired) electrons. The molecule has 2 fully saturated rings. The van der Waals surface area contributed by atoms with Crippen molar-refractivity contribution in [2.75, 3.05) is 62.7 Å².